The summed E-state index contributed by atoms with van der Waals surface area (Å²) in [5, 5.41) is 20.1. The molecule has 0 atom stereocenters. The van der Waals surface area contributed by atoms with Crippen LogP contribution in [0.15, 0.2) is 127 Å². The minimum atomic E-state index is -1.53. The molecule has 0 heterocycles. The largest absolute Gasteiger partial charge is 0.488 e. The fourth-order valence-electron chi connectivity index (χ4n) is 5.48. The van der Waals surface area contributed by atoms with Gasteiger partial charge in [0.25, 0.3) is 0 Å². The molecular weight excluding hydrogens is 415 g/mol. The molecule has 5 aromatic carbocycles. The van der Waals surface area contributed by atoms with Crippen LogP contribution in [0, 0.1) is 0 Å². The van der Waals surface area contributed by atoms with Crippen molar-refractivity contribution in [2.75, 3.05) is 0 Å². The number of rotatable bonds is 4. The van der Waals surface area contributed by atoms with Crippen molar-refractivity contribution in [2.24, 2.45) is 0 Å². The molecule has 2 nitrogen and oxygen atoms in total. The average molecular weight is 438 g/mol. The second kappa shape index (κ2) is 8.14. The van der Waals surface area contributed by atoms with Gasteiger partial charge in [-0.3, -0.25) is 0 Å². The molecule has 162 valence electrons. The molecule has 0 amide bonds. The smallest absolute Gasteiger partial charge is 0.423 e. The average Bonchev–Trinajstić information content (AvgIpc) is 3.20. The van der Waals surface area contributed by atoms with Gasteiger partial charge in [0.1, 0.15) is 0 Å². The highest BCUT2D eigenvalue weighted by Crippen LogP contribution is 2.56. The lowest BCUT2D eigenvalue weighted by molar-refractivity contribution is 0.425. The molecule has 0 spiro atoms. The zero-order valence-electron chi connectivity index (χ0n) is 18.6. The van der Waals surface area contributed by atoms with E-state index in [9.17, 15) is 10.0 Å². The molecule has 1 aliphatic rings. The van der Waals surface area contributed by atoms with Crippen LogP contribution < -0.4 is 5.46 Å². The van der Waals surface area contributed by atoms with E-state index in [1.807, 2.05) is 36.4 Å². The summed E-state index contributed by atoms with van der Waals surface area (Å²) in [5.41, 5.74) is 9.09. The van der Waals surface area contributed by atoms with Crippen molar-refractivity contribution < 1.29 is 10.0 Å². The van der Waals surface area contributed by atoms with E-state index >= 15 is 0 Å². The van der Waals surface area contributed by atoms with Gasteiger partial charge in [-0.2, -0.15) is 0 Å². The molecule has 0 unspecified atom stereocenters. The molecule has 5 aromatic rings. The van der Waals surface area contributed by atoms with Gasteiger partial charge in [0.15, 0.2) is 0 Å². The minimum absolute atomic E-state index is 0.492. The molecule has 6 rings (SSSR count). The maximum absolute atomic E-state index is 10.0. The summed E-state index contributed by atoms with van der Waals surface area (Å²) in [6, 6.07) is 44.0. The molecule has 1 aliphatic carbocycles. The normalized spacial score (nSPS) is 13.2. The van der Waals surface area contributed by atoms with Crippen LogP contribution >= 0.6 is 0 Å². The van der Waals surface area contributed by atoms with Crippen LogP contribution in [0.25, 0.3) is 22.3 Å². The van der Waals surface area contributed by atoms with E-state index in [1.165, 1.54) is 16.7 Å². The van der Waals surface area contributed by atoms with Crippen LogP contribution in [0.1, 0.15) is 22.3 Å². The first kappa shape index (κ1) is 20.7. The van der Waals surface area contributed by atoms with Crippen molar-refractivity contribution in [3.05, 3.63) is 150 Å². The highest BCUT2D eigenvalue weighted by molar-refractivity contribution is 6.58. The summed E-state index contributed by atoms with van der Waals surface area (Å²) >= 11 is 0. The van der Waals surface area contributed by atoms with E-state index in [2.05, 4.69) is 91.0 Å². The molecule has 0 aliphatic heterocycles. The van der Waals surface area contributed by atoms with Crippen LogP contribution in [-0.4, -0.2) is 17.2 Å². The van der Waals surface area contributed by atoms with Crippen molar-refractivity contribution in [3.8, 4) is 22.3 Å². The number of hydrogen-bond donors (Lipinski definition) is 2. The number of hydrogen-bond acceptors (Lipinski definition) is 2. The molecule has 0 saturated carbocycles. The van der Waals surface area contributed by atoms with Crippen LogP contribution in [-0.2, 0) is 5.41 Å². The molecular formula is C31H23BO2. The van der Waals surface area contributed by atoms with Crippen LogP contribution in [0.4, 0.5) is 0 Å². The Hall–Kier alpha value is -3.92. The van der Waals surface area contributed by atoms with Gasteiger partial charge in [-0.1, -0.05) is 121 Å². The van der Waals surface area contributed by atoms with E-state index in [0.717, 1.165) is 27.8 Å². The number of fused-ring (bicyclic) bond motifs is 3. The van der Waals surface area contributed by atoms with Crippen molar-refractivity contribution in [1.82, 2.24) is 0 Å². The Balaban J connectivity index is 1.75. The predicted octanol–water partition coefficient (Wildman–Crippen LogP) is 5.40. The third kappa shape index (κ3) is 3.06. The van der Waals surface area contributed by atoms with Gasteiger partial charge in [-0.05, 0) is 56.0 Å². The van der Waals surface area contributed by atoms with E-state index in [1.54, 1.807) is 0 Å². The Morgan fingerprint density at radius 3 is 1.53 bits per heavy atom. The van der Waals surface area contributed by atoms with Crippen molar-refractivity contribution in [1.29, 1.82) is 0 Å². The Morgan fingerprint density at radius 1 is 0.471 bits per heavy atom. The predicted molar refractivity (Wildman–Crippen MR) is 139 cm³/mol. The topological polar surface area (TPSA) is 40.5 Å². The highest BCUT2D eigenvalue weighted by Gasteiger charge is 2.46. The van der Waals surface area contributed by atoms with E-state index in [0.29, 0.717) is 5.46 Å². The van der Waals surface area contributed by atoms with Gasteiger partial charge in [0.05, 0.1) is 5.41 Å². The monoisotopic (exact) mass is 438 g/mol. The van der Waals surface area contributed by atoms with Gasteiger partial charge >= 0.3 is 7.12 Å². The van der Waals surface area contributed by atoms with Gasteiger partial charge in [-0.15, -0.1) is 0 Å². The van der Waals surface area contributed by atoms with E-state index in [4.69, 9.17) is 0 Å². The van der Waals surface area contributed by atoms with Crippen molar-refractivity contribution >= 4 is 12.6 Å². The third-order valence-corrected chi connectivity index (χ3v) is 6.98. The molecule has 2 N–H and O–H groups in total. The molecule has 3 heteroatoms. The molecule has 0 bridgehead atoms. The van der Waals surface area contributed by atoms with Gasteiger partial charge in [0, 0.05) is 0 Å². The van der Waals surface area contributed by atoms with E-state index in [-0.39, 0.29) is 0 Å². The summed E-state index contributed by atoms with van der Waals surface area (Å²) in [6.45, 7) is 0. The zero-order chi connectivity index (χ0) is 23.1. The second-order valence-corrected chi connectivity index (χ2v) is 8.79. The Morgan fingerprint density at radius 2 is 0.971 bits per heavy atom. The molecule has 0 radical (unpaired) electrons. The lowest BCUT2D eigenvalue weighted by atomic mass is 9.66. The van der Waals surface area contributed by atoms with Gasteiger partial charge in [-0.25, -0.2) is 0 Å². The van der Waals surface area contributed by atoms with Crippen LogP contribution in [0.5, 0.6) is 0 Å². The summed E-state index contributed by atoms with van der Waals surface area (Å²) in [4.78, 5) is 0. The fourth-order valence-corrected chi connectivity index (χ4v) is 5.48. The second-order valence-electron chi connectivity index (χ2n) is 8.79. The lowest BCUT2D eigenvalue weighted by Crippen LogP contribution is -2.33. The van der Waals surface area contributed by atoms with Gasteiger partial charge < -0.3 is 10.0 Å². The lowest BCUT2D eigenvalue weighted by Gasteiger charge is -2.34. The first-order chi connectivity index (χ1) is 16.7. The zero-order valence-corrected chi connectivity index (χ0v) is 18.6. The van der Waals surface area contributed by atoms with Crippen molar-refractivity contribution in [3.63, 3.8) is 0 Å². The van der Waals surface area contributed by atoms with Crippen molar-refractivity contribution in [2.45, 2.75) is 5.41 Å². The molecule has 0 aromatic heterocycles. The minimum Gasteiger partial charge on any atom is -0.423 e. The maximum Gasteiger partial charge on any atom is 0.488 e. The molecule has 0 fully saturated rings. The van der Waals surface area contributed by atoms with E-state index < -0.39 is 12.5 Å². The summed E-state index contributed by atoms with van der Waals surface area (Å²) in [6.07, 6.45) is 0. The quantitative estimate of drug-likeness (QED) is 0.362. The van der Waals surface area contributed by atoms with Crippen LogP contribution in [0.3, 0.4) is 0 Å². The summed E-state index contributed by atoms with van der Waals surface area (Å²) in [5.74, 6) is 0. The summed E-state index contributed by atoms with van der Waals surface area (Å²) < 4.78 is 0. The van der Waals surface area contributed by atoms with Crippen LogP contribution in [0.2, 0.25) is 0 Å². The standard InChI is InChI=1S/C31H23BO2/c33-32(34)26-17-19-28-27-18-16-23(22-10-4-1-5-11-22)20-29(27)31(30(28)21-26,24-12-6-2-7-13-24)25-14-8-3-9-15-25/h1-21,33-34H. The first-order valence-corrected chi connectivity index (χ1v) is 11.5. The van der Waals surface area contributed by atoms with Gasteiger partial charge in [0.2, 0.25) is 0 Å². The number of benzene rings is 5. The summed E-state index contributed by atoms with van der Waals surface area (Å²) in [7, 11) is -1.53. The SMILES string of the molecule is OB(O)c1ccc2c(c1)C(c1ccccc1)(c1ccccc1)c1cc(-c3ccccc3)ccc1-2. The maximum atomic E-state index is 10.0. The third-order valence-electron chi connectivity index (χ3n) is 6.98. The Kier molecular flexibility index (Phi) is 4.95. The Bertz CT molecular complexity index is 1420. The fraction of sp³-hybridized carbons (Fsp3) is 0.0323. The highest BCUT2D eigenvalue weighted by atomic mass is 16.4. The first-order valence-electron chi connectivity index (χ1n) is 11.5. The molecule has 34 heavy (non-hydrogen) atoms. The molecule has 0 saturated heterocycles. The Labute approximate surface area is 199 Å².